The van der Waals surface area contributed by atoms with Gasteiger partial charge in [0.25, 0.3) is 0 Å². The van der Waals surface area contributed by atoms with Gasteiger partial charge in [-0.15, -0.1) is 0 Å². The fourth-order valence-electron chi connectivity index (χ4n) is 1.29. The van der Waals surface area contributed by atoms with Crippen LogP contribution in [0.2, 0.25) is 10.3 Å². The number of hydrogen-bond acceptors (Lipinski definition) is 3. The van der Waals surface area contributed by atoms with Crippen LogP contribution in [-0.2, 0) is 0 Å². The normalized spacial score (nSPS) is 10.4. The van der Waals surface area contributed by atoms with E-state index in [-0.39, 0.29) is 5.28 Å². The summed E-state index contributed by atoms with van der Waals surface area (Å²) >= 11 is 15.1. The second kappa shape index (κ2) is 5.21. The van der Waals surface area contributed by atoms with Crippen LogP contribution in [-0.4, -0.2) is 9.97 Å². The van der Waals surface area contributed by atoms with E-state index in [1.165, 1.54) is 6.20 Å². The third-order valence-corrected chi connectivity index (χ3v) is 3.12. The molecule has 1 N–H and O–H groups in total. The van der Waals surface area contributed by atoms with Crippen molar-refractivity contribution in [2.45, 2.75) is 6.92 Å². The van der Waals surface area contributed by atoms with Gasteiger partial charge in [-0.1, -0.05) is 33.6 Å². The Morgan fingerprint density at radius 3 is 2.82 bits per heavy atom. The zero-order valence-corrected chi connectivity index (χ0v) is 11.9. The molecule has 0 unspecified atom stereocenters. The maximum absolute atomic E-state index is 5.98. The number of nitrogens with zero attached hydrogens (tertiary/aromatic N) is 2. The summed E-state index contributed by atoms with van der Waals surface area (Å²) in [5.74, 6) is 0.493. The van der Waals surface area contributed by atoms with E-state index < -0.39 is 0 Å². The highest BCUT2D eigenvalue weighted by Crippen LogP contribution is 2.27. The highest BCUT2D eigenvalue weighted by Gasteiger charge is 2.06. The molecule has 0 saturated heterocycles. The van der Waals surface area contributed by atoms with Gasteiger partial charge in [-0.05, 0) is 36.2 Å². The Morgan fingerprint density at radius 2 is 2.06 bits per heavy atom. The van der Waals surface area contributed by atoms with Crippen molar-refractivity contribution in [1.82, 2.24) is 9.97 Å². The van der Waals surface area contributed by atoms with Gasteiger partial charge in [-0.3, -0.25) is 0 Å². The first-order valence-corrected chi connectivity index (χ1v) is 6.32. The van der Waals surface area contributed by atoms with Gasteiger partial charge in [0.15, 0.2) is 5.82 Å². The number of aromatic nitrogens is 2. The molecule has 0 bridgehead atoms. The van der Waals surface area contributed by atoms with Gasteiger partial charge in [-0.25, -0.2) is 4.98 Å². The average molecular weight is 333 g/mol. The van der Waals surface area contributed by atoms with Gasteiger partial charge in [0.05, 0.1) is 6.20 Å². The molecule has 0 atom stereocenters. The molecule has 2 rings (SSSR count). The molecule has 0 amide bonds. The molecule has 0 aliphatic carbocycles. The summed E-state index contributed by atoms with van der Waals surface area (Å²) in [6.07, 6.45) is 1.46. The lowest BCUT2D eigenvalue weighted by Gasteiger charge is -2.10. The molecule has 6 heteroatoms. The van der Waals surface area contributed by atoms with E-state index >= 15 is 0 Å². The van der Waals surface area contributed by atoms with E-state index in [0.717, 1.165) is 15.7 Å². The number of anilines is 2. The van der Waals surface area contributed by atoms with Crippen molar-refractivity contribution in [3.8, 4) is 0 Å². The van der Waals surface area contributed by atoms with Gasteiger partial charge in [0.1, 0.15) is 5.02 Å². The first-order chi connectivity index (χ1) is 8.06. The highest BCUT2D eigenvalue weighted by atomic mass is 79.9. The fraction of sp³-hybridized carbons (Fsp3) is 0.0909. The van der Waals surface area contributed by atoms with Gasteiger partial charge >= 0.3 is 0 Å². The zero-order valence-electron chi connectivity index (χ0n) is 8.84. The second-order valence-electron chi connectivity index (χ2n) is 3.42. The number of rotatable bonds is 2. The van der Waals surface area contributed by atoms with Crippen LogP contribution in [0.15, 0.2) is 28.9 Å². The standard InChI is InChI=1S/C11H8BrCl2N3/c1-6-2-3-7(12)4-9(6)16-10-8(13)5-15-11(14)17-10/h2-5H,1H3,(H,15,16,17). The summed E-state index contributed by atoms with van der Waals surface area (Å²) in [5, 5.41) is 3.71. The number of halogens is 3. The minimum atomic E-state index is 0.157. The summed E-state index contributed by atoms with van der Waals surface area (Å²) in [6.45, 7) is 1.99. The Bertz CT molecular complexity index is 511. The molecule has 1 aromatic carbocycles. The van der Waals surface area contributed by atoms with Gasteiger partial charge < -0.3 is 5.32 Å². The predicted molar refractivity (Wildman–Crippen MR) is 74.2 cm³/mol. The van der Waals surface area contributed by atoms with E-state index in [2.05, 4.69) is 31.2 Å². The smallest absolute Gasteiger partial charge is 0.224 e. The van der Waals surface area contributed by atoms with Crippen LogP contribution in [0.25, 0.3) is 0 Å². The van der Waals surface area contributed by atoms with Crippen LogP contribution in [0.3, 0.4) is 0 Å². The molecule has 0 fully saturated rings. The molecule has 17 heavy (non-hydrogen) atoms. The molecule has 88 valence electrons. The third-order valence-electron chi connectivity index (χ3n) is 2.17. The summed E-state index contributed by atoms with van der Waals surface area (Å²) in [4.78, 5) is 7.83. The Kier molecular flexibility index (Phi) is 3.86. The van der Waals surface area contributed by atoms with E-state index in [9.17, 15) is 0 Å². The van der Waals surface area contributed by atoms with Crippen LogP contribution in [0.1, 0.15) is 5.56 Å². The van der Waals surface area contributed by atoms with Crippen LogP contribution in [0, 0.1) is 6.92 Å². The molecule has 1 aromatic heterocycles. The molecular formula is C11H8BrCl2N3. The van der Waals surface area contributed by atoms with Gasteiger partial charge in [0.2, 0.25) is 5.28 Å². The summed E-state index contributed by atoms with van der Waals surface area (Å²) in [7, 11) is 0. The first kappa shape index (κ1) is 12.6. The highest BCUT2D eigenvalue weighted by molar-refractivity contribution is 9.10. The average Bonchev–Trinajstić information content (AvgIpc) is 2.28. The summed E-state index contributed by atoms with van der Waals surface area (Å²) in [6, 6.07) is 5.90. The lowest BCUT2D eigenvalue weighted by atomic mass is 10.2. The zero-order chi connectivity index (χ0) is 12.4. The van der Waals surface area contributed by atoms with Gasteiger partial charge in [0, 0.05) is 10.2 Å². The monoisotopic (exact) mass is 331 g/mol. The van der Waals surface area contributed by atoms with Crippen LogP contribution in [0.4, 0.5) is 11.5 Å². The largest absolute Gasteiger partial charge is 0.339 e. The first-order valence-electron chi connectivity index (χ1n) is 4.77. The van der Waals surface area contributed by atoms with Crippen molar-refractivity contribution in [3.05, 3.63) is 44.7 Å². The topological polar surface area (TPSA) is 37.8 Å². The fourth-order valence-corrected chi connectivity index (χ4v) is 1.92. The summed E-state index contributed by atoms with van der Waals surface area (Å²) in [5.41, 5.74) is 2.00. The molecule has 0 saturated carbocycles. The lowest BCUT2D eigenvalue weighted by Crippen LogP contribution is -1.98. The van der Waals surface area contributed by atoms with E-state index in [0.29, 0.717) is 10.8 Å². The molecule has 3 nitrogen and oxygen atoms in total. The minimum Gasteiger partial charge on any atom is -0.339 e. The van der Waals surface area contributed by atoms with Crippen molar-refractivity contribution >= 4 is 50.6 Å². The SMILES string of the molecule is Cc1ccc(Br)cc1Nc1nc(Cl)ncc1Cl. The van der Waals surface area contributed by atoms with Gasteiger partial charge in [-0.2, -0.15) is 4.98 Å². The van der Waals surface area contributed by atoms with Crippen molar-refractivity contribution in [2.24, 2.45) is 0 Å². The molecule has 0 radical (unpaired) electrons. The maximum atomic E-state index is 5.98. The van der Waals surface area contributed by atoms with E-state index in [1.807, 2.05) is 25.1 Å². The molecular weight excluding hydrogens is 325 g/mol. The molecule has 2 aromatic rings. The van der Waals surface area contributed by atoms with Crippen molar-refractivity contribution in [1.29, 1.82) is 0 Å². The number of aryl methyl sites for hydroxylation is 1. The lowest BCUT2D eigenvalue weighted by molar-refractivity contribution is 1.16. The number of nitrogens with one attached hydrogen (secondary N) is 1. The van der Waals surface area contributed by atoms with Crippen molar-refractivity contribution in [3.63, 3.8) is 0 Å². The molecule has 1 heterocycles. The summed E-state index contributed by atoms with van der Waals surface area (Å²) < 4.78 is 0.974. The Morgan fingerprint density at radius 1 is 1.29 bits per heavy atom. The maximum Gasteiger partial charge on any atom is 0.224 e. The van der Waals surface area contributed by atoms with Crippen molar-refractivity contribution < 1.29 is 0 Å². The molecule has 0 aliphatic heterocycles. The predicted octanol–water partition coefficient (Wildman–Crippen LogP) is 4.60. The van der Waals surface area contributed by atoms with Crippen LogP contribution >= 0.6 is 39.1 Å². The molecule has 0 aliphatic rings. The Labute approximate surface area is 117 Å². The van der Waals surface area contributed by atoms with Crippen molar-refractivity contribution in [2.75, 3.05) is 5.32 Å². The van der Waals surface area contributed by atoms with E-state index in [4.69, 9.17) is 23.2 Å². The van der Waals surface area contributed by atoms with Crippen LogP contribution in [0.5, 0.6) is 0 Å². The van der Waals surface area contributed by atoms with Crippen LogP contribution < -0.4 is 5.32 Å². The number of benzene rings is 1. The van der Waals surface area contributed by atoms with E-state index in [1.54, 1.807) is 0 Å². The Hall–Kier alpha value is -0.840. The Balaban J connectivity index is 2.37. The number of hydrogen-bond donors (Lipinski definition) is 1. The third kappa shape index (κ3) is 3.09. The quantitative estimate of drug-likeness (QED) is 0.817. The molecule has 0 spiro atoms. The second-order valence-corrected chi connectivity index (χ2v) is 5.08. The minimum absolute atomic E-state index is 0.157.